The zero-order valence-electron chi connectivity index (χ0n) is 22.8. The van der Waals surface area contributed by atoms with Crippen LogP contribution >= 0.6 is 0 Å². The van der Waals surface area contributed by atoms with Crippen LogP contribution in [0.2, 0.25) is 0 Å². The number of hydrogen-bond acceptors (Lipinski definition) is 6. The van der Waals surface area contributed by atoms with Gasteiger partial charge in [-0.05, 0) is 118 Å². The summed E-state index contributed by atoms with van der Waals surface area (Å²) in [4.78, 5) is 10.9. The van der Waals surface area contributed by atoms with Crippen LogP contribution in [0.3, 0.4) is 0 Å². The molecule has 4 aliphatic heterocycles. The van der Waals surface area contributed by atoms with E-state index in [1.807, 2.05) is 12.1 Å². The fraction of sp³-hybridized carbons (Fsp3) is 0.406. The molecule has 4 aromatic rings. The Morgan fingerprint density at radius 3 is 2.23 bits per heavy atom. The van der Waals surface area contributed by atoms with Crippen molar-refractivity contribution < 1.29 is 4.39 Å². The number of nitrogens with zero attached hydrogens (tertiary/aromatic N) is 2. The molecule has 0 aliphatic carbocycles. The van der Waals surface area contributed by atoms with Crippen molar-refractivity contribution >= 4 is 28.1 Å². The van der Waals surface area contributed by atoms with Crippen LogP contribution in [-0.4, -0.2) is 36.3 Å². The lowest BCUT2D eigenvalue weighted by Crippen LogP contribution is -2.26. The molecule has 40 heavy (non-hydrogen) atoms. The number of rotatable bonds is 4. The lowest BCUT2D eigenvalue weighted by Gasteiger charge is -2.33. The third-order valence-corrected chi connectivity index (χ3v) is 8.75. The van der Waals surface area contributed by atoms with E-state index >= 15 is 0 Å². The number of imidazole rings is 1. The van der Waals surface area contributed by atoms with Crippen LogP contribution in [0.25, 0.3) is 11.0 Å². The van der Waals surface area contributed by atoms with Gasteiger partial charge in [0, 0.05) is 5.69 Å². The van der Waals surface area contributed by atoms with E-state index in [0.29, 0.717) is 6.04 Å². The number of halogens is 1. The number of nitrogens with one attached hydrogen (secondary N) is 5. The largest absolute Gasteiger partial charge is 0.366 e. The molecule has 3 aromatic carbocycles. The number of anilines is 3. The fourth-order valence-electron chi connectivity index (χ4n) is 6.71. The van der Waals surface area contributed by atoms with Crippen molar-refractivity contribution in [3.05, 3.63) is 83.4 Å². The van der Waals surface area contributed by atoms with Crippen molar-refractivity contribution in [3.63, 3.8) is 0 Å². The standard InChI is InChI=1S/C28H29FN6.C4H9N/c29-19-5-7-20(8-6-19)35-26(17-3-9-21-24(14-17)32-16-31-21)11-12-27(35)18-4-10-22-25(15-18)34-28(33-22)23-2-1-13-30-23;1-2-4-5-3-1/h3-10,14-15,23,26-27,30-32H,1-2,11-13,16H2,(H,33,34);5H,1-4H2/t23-,26?,27?;/m0./s1. The van der Waals surface area contributed by atoms with Gasteiger partial charge in [0.25, 0.3) is 0 Å². The number of H-pyrrole nitrogens is 1. The molecular weight excluding hydrogens is 501 g/mol. The minimum atomic E-state index is -0.208. The summed E-state index contributed by atoms with van der Waals surface area (Å²) in [6.07, 6.45) is 7.16. The highest BCUT2D eigenvalue weighted by Gasteiger charge is 2.36. The average molecular weight is 540 g/mol. The minimum absolute atomic E-state index is 0.200. The van der Waals surface area contributed by atoms with Crippen molar-refractivity contribution in [2.75, 3.05) is 41.8 Å². The number of benzene rings is 3. The molecule has 8 heteroatoms. The third-order valence-electron chi connectivity index (χ3n) is 8.75. The molecule has 4 aliphatic rings. The predicted octanol–water partition coefficient (Wildman–Crippen LogP) is 6.37. The number of fused-ring (bicyclic) bond motifs is 2. The lowest BCUT2D eigenvalue weighted by molar-refractivity contribution is 0.614. The van der Waals surface area contributed by atoms with Crippen molar-refractivity contribution in [1.82, 2.24) is 20.6 Å². The minimum Gasteiger partial charge on any atom is -0.366 e. The van der Waals surface area contributed by atoms with Crippen LogP contribution in [-0.2, 0) is 0 Å². The molecule has 3 atom stereocenters. The van der Waals surface area contributed by atoms with E-state index in [2.05, 4.69) is 67.5 Å². The second-order valence-corrected chi connectivity index (χ2v) is 11.3. The summed E-state index contributed by atoms with van der Waals surface area (Å²) in [6, 6.07) is 20.9. The summed E-state index contributed by atoms with van der Waals surface area (Å²) in [5.41, 5.74) is 7.99. The number of hydrogen-bond donors (Lipinski definition) is 5. The lowest BCUT2D eigenvalue weighted by atomic mass is 10.0. The summed E-state index contributed by atoms with van der Waals surface area (Å²) in [7, 11) is 0. The van der Waals surface area contributed by atoms with Crippen molar-refractivity contribution in [2.45, 2.75) is 56.7 Å². The normalized spacial score (nSPS) is 23.5. The number of aromatic amines is 1. The van der Waals surface area contributed by atoms with Crippen LogP contribution in [0.5, 0.6) is 0 Å². The Morgan fingerprint density at radius 1 is 0.750 bits per heavy atom. The van der Waals surface area contributed by atoms with Crippen LogP contribution in [0.4, 0.5) is 21.5 Å². The first-order chi connectivity index (χ1) is 19.7. The zero-order chi connectivity index (χ0) is 26.9. The Balaban J connectivity index is 0.000000480. The monoisotopic (exact) mass is 539 g/mol. The quantitative estimate of drug-likeness (QED) is 0.207. The highest BCUT2D eigenvalue weighted by atomic mass is 19.1. The molecule has 8 rings (SSSR count). The van der Waals surface area contributed by atoms with E-state index in [0.717, 1.165) is 66.4 Å². The first-order valence-corrected chi connectivity index (χ1v) is 14.8. The molecule has 3 fully saturated rings. The maximum Gasteiger partial charge on any atom is 0.124 e. The van der Waals surface area contributed by atoms with Gasteiger partial charge in [-0.3, -0.25) is 0 Å². The molecule has 0 amide bonds. The maximum absolute atomic E-state index is 13.8. The molecule has 0 saturated carbocycles. The summed E-state index contributed by atoms with van der Waals surface area (Å²) in [5.74, 6) is 0.828. The van der Waals surface area contributed by atoms with Crippen molar-refractivity contribution in [3.8, 4) is 0 Å². The van der Waals surface area contributed by atoms with E-state index in [1.54, 1.807) is 12.1 Å². The van der Waals surface area contributed by atoms with Gasteiger partial charge in [-0.2, -0.15) is 0 Å². The SMILES string of the molecule is C1CCNC1.Fc1ccc(N2C(c3ccc4c(c3)NCN4)CCC2c2ccc3nc([C@@H]4CCCN4)[nH]c3c2)cc1. The highest BCUT2D eigenvalue weighted by molar-refractivity contribution is 5.77. The number of aromatic nitrogens is 2. The highest BCUT2D eigenvalue weighted by Crippen LogP contribution is 2.48. The predicted molar refractivity (Wildman–Crippen MR) is 160 cm³/mol. The molecule has 1 aromatic heterocycles. The molecule has 0 bridgehead atoms. The van der Waals surface area contributed by atoms with Gasteiger partial charge in [-0.15, -0.1) is 0 Å². The van der Waals surface area contributed by atoms with Gasteiger partial charge in [-0.25, -0.2) is 9.37 Å². The average Bonchev–Trinajstić information content (AvgIpc) is 3.81. The van der Waals surface area contributed by atoms with Gasteiger partial charge >= 0.3 is 0 Å². The van der Waals surface area contributed by atoms with Crippen LogP contribution < -0.4 is 26.2 Å². The van der Waals surface area contributed by atoms with Crippen LogP contribution in [0.15, 0.2) is 60.7 Å². The zero-order valence-corrected chi connectivity index (χ0v) is 22.8. The van der Waals surface area contributed by atoms with E-state index in [9.17, 15) is 4.39 Å². The molecule has 0 radical (unpaired) electrons. The van der Waals surface area contributed by atoms with Gasteiger partial charge in [0.1, 0.15) is 11.6 Å². The summed E-state index contributed by atoms with van der Waals surface area (Å²) in [6.45, 7) is 4.31. The summed E-state index contributed by atoms with van der Waals surface area (Å²) in [5, 5.41) is 13.5. The molecule has 0 spiro atoms. The smallest absolute Gasteiger partial charge is 0.124 e. The molecule has 2 unspecified atom stereocenters. The molecule has 5 heterocycles. The molecule has 7 nitrogen and oxygen atoms in total. The van der Waals surface area contributed by atoms with Gasteiger partial charge in [-0.1, -0.05) is 12.1 Å². The van der Waals surface area contributed by atoms with Gasteiger partial charge < -0.3 is 31.2 Å². The molecular formula is C32H38FN7. The molecule has 3 saturated heterocycles. The van der Waals surface area contributed by atoms with Gasteiger partial charge in [0.05, 0.1) is 47.2 Å². The second-order valence-electron chi connectivity index (χ2n) is 11.3. The summed E-state index contributed by atoms with van der Waals surface area (Å²) >= 11 is 0. The molecule has 208 valence electrons. The van der Waals surface area contributed by atoms with Gasteiger partial charge in [0.2, 0.25) is 0 Å². The first kappa shape index (κ1) is 25.4. The Bertz CT molecular complexity index is 1450. The first-order valence-electron chi connectivity index (χ1n) is 14.8. The van der Waals surface area contributed by atoms with Crippen molar-refractivity contribution in [1.29, 1.82) is 0 Å². The van der Waals surface area contributed by atoms with E-state index in [1.165, 1.54) is 43.5 Å². The van der Waals surface area contributed by atoms with E-state index in [4.69, 9.17) is 4.98 Å². The maximum atomic E-state index is 13.8. The Morgan fingerprint density at radius 2 is 1.50 bits per heavy atom. The fourth-order valence-corrected chi connectivity index (χ4v) is 6.71. The topological polar surface area (TPSA) is 80.0 Å². The Kier molecular flexibility index (Phi) is 7.04. The van der Waals surface area contributed by atoms with Gasteiger partial charge in [0.15, 0.2) is 0 Å². The van der Waals surface area contributed by atoms with Crippen molar-refractivity contribution in [2.24, 2.45) is 0 Å². The van der Waals surface area contributed by atoms with E-state index < -0.39 is 0 Å². The summed E-state index contributed by atoms with van der Waals surface area (Å²) < 4.78 is 13.8. The van der Waals surface area contributed by atoms with E-state index in [-0.39, 0.29) is 17.9 Å². The second kappa shape index (κ2) is 11.1. The Labute approximate surface area is 235 Å². The third kappa shape index (κ3) is 5.02. The Hall–Kier alpha value is -3.62. The molecule has 5 N–H and O–H groups in total. The van der Waals surface area contributed by atoms with Crippen LogP contribution in [0, 0.1) is 5.82 Å². The van der Waals surface area contributed by atoms with Crippen LogP contribution in [0.1, 0.15) is 73.6 Å².